The summed E-state index contributed by atoms with van der Waals surface area (Å²) in [7, 11) is 0. The van der Waals surface area contributed by atoms with Gasteiger partial charge in [-0.15, -0.1) is 5.10 Å². The zero-order valence-electron chi connectivity index (χ0n) is 13.4. The molecule has 122 valence electrons. The molecule has 0 spiro atoms. The van der Waals surface area contributed by atoms with Crippen LogP contribution in [-0.2, 0) is 19.5 Å². The second kappa shape index (κ2) is 7.66. The molecule has 0 atom stereocenters. The monoisotopic (exact) mass is 330 g/mol. The fourth-order valence-electron chi connectivity index (χ4n) is 2.91. The van der Waals surface area contributed by atoms with Gasteiger partial charge in [0.05, 0.1) is 5.69 Å². The minimum absolute atomic E-state index is 0.0817. The third-order valence-electron chi connectivity index (χ3n) is 4.15. The normalized spacial score (nSPS) is 15.0. The van der Waals surface area contributed by atoms with Crippen molar-refractivity contribution in [2.45, 2.75) is 39.3 Å². The van der Waals surface area contributed by atoms with Gasteiger partial charge in [-0.3, -0.25) is 9.69 Å². The lowest BCUT2D eigenvalue weighted by Crippen LogP contribution is -2.23. The maximum atomic E-state index is 12.2. The minimum atomic E-state index is -0.0817. The number of aryl methyl sites for hydroxylation is 1. The first-order chi connectivity index (χ1) is 11.3. The Bertz CT molecular complexity index is 664. The van der Waals surface area contributed by atoms with E-state index < -0.39 is 0 Å². The Labute approximate surface area is 140 Å². The van der Waals surface area contributed by atoms with Gasteiger partial charge in [0.1, 0.15) is 4.88 Å². The first kappa shape index (κ1) is 16.1. The van der Waals surface area contributed by atoms with Crippen molar-refractivity contribution in [1.82, 2.24) is 19.8 Å². The van der Waals surface area contributed by atoms with Crippen LogP contribution in [0.3, 0.4) is 0 Å². The molecule has 0 radical (unpaired) electrons. The van der Waals surface area contributed by atoms with E-state index in [0.717, 1.165) is 35.8 Å². The van der Waals surface area contributed by atoms with E-state index in [1.807, 2.05) is 6.92 Å². The third kappa shape index (κ3) is 4.14. The van der Waals surface area contributed by atoms with Gasteiger partial charge in [-0.1, -0.05) is 35.7 Å². The molecule has 0 saturated carbocycles. The maximum absolute atomic E-state index is 12.2. The number of likely N-dealkylation sites (tertiary alicyclic amines) is 1. The van der Waals surface area contributed by atoms with Crippen molar-refractivity contribution < 1.29 is 4.79 Å². The summed E-state index contributed by atoms with van der Waals surface area (Å²) in [5.41, 5.74) is 3.22. The number of hydrogen-bond donors (Lipinski definition) is 1. The van der Waals surface area contributed by atoms with Crippen molar-refractivity contribution in [3.05, 3.63) is 46.0 Å². The Balaban J connectivity index is 1.58. The number of rotatable bonds is 6. The first-order valence-electron chi connectivity index (χ1n) is 8.16. The van der Waals surface area contributed by atoms with Gasteiger partial charge in [-0.05, 0) is 55.0 Å². The molecule has 0 aliphatic carbocycles. The largest absolute Gasteiger partial charge is 0.347 e. The zero-order chi connectivity index (χ0) is 16.1. The minimum Gasteiger partial charge on any atom is -0.347 e. The Kier molecular flexibility index (Phi) is 5.35. The molecular formula is C17H22N4OS. The third-order valence-corrected chi connectivity index (χ3v) is 4.91. The highest BCUT2D eigenvalue weighted by Crippen LogP contribution is 2.15. The molecule has 23 heavy (non-hydrogen) atoms. The molecule has 1 fully saturated rings. The molecule has 6 heteroatoms. The number of benzene rings is 1. The molecule has 1 saturated heterocycles. The summed E-state index contributed by atoms with van der Waals surface area (Å²) in [6.07, 6.45) is 3.33. The smallest absolute Gasteiger partial charge is 0.265 e. The molecule has 1 N–H and O–H groups in total. The van der Waals surface area contributed by atoms with Gasteiger partial charge in [0.25, 0.3) is 5.91 Å². The van der Waals surface area contributed by atoms with Crippen LogP contribution in [0.5, 0.6) is 0 Å². The van der Waals surface area contributed by atoms with Gasteiger partial charge in [-0.25, -0.2) is 0 Å². The average molecular weight is 330 g/mol. The Morgan fingerprint density at radius 2 is 2.09 bits per heavy atom. The van der Waals surface area contributed by atoms with Gasteiger partial charge in [0.15, 0.2) is 0 Å². The van der Waals surface area contributed by atoms with Crippen LogP contribution < -0.4 is 5.32 Å². The predicted octanol–water partition coefficient (Wildman–Crippen LogP) is 2.63. The van der Waals surface area contributed by atoms with Crippen LogP contribution in [0, 0.1) is 0 Å². The number of carbonyl (C=O) groups is 1. The summed E-state index contributed by atoms with van der Waals surface area (Å²) in [5, 5.41) is 6.96. The summed E-state index contributed by atoms with van der Waals surface area (Å²) < 4.78 is 3.87. The van der Waals surface area contributed by atoms with Crippen molar-refractivity contribution >= 4 is 17.4 Å². The Morgan fingerprint density at radius 1 is 1.30 bits per heavy atom. The van der Waals surface area contributed by atoms with E-state index in [2.05, 4.69) is 44.1 Å². The van der Waals surface area contributed by atoms with Crippen LogP contribution in [0.4, 0.5) is 0 Å². The Hall–Kier alpha value is -1.79. The van der Waals surface area contributed by atoms with Crippen molar-refractivity contribution in [3.63, 3.8) is 0 Å². The van der Waals surface area contributed by atoms with Crippen LogP contribution in [0.15, 0.2) is 24.3 Å². The fraction of sp³-hybridized carbons (Fsp3) is 0.471. The van der Waals surface area contributed by atoms with E-state index in [-0.39, 0.29) is 5.91 Å². The van der Waals surface area contributed by atoms with Gasteiger partial charge in [-0.2, -0.15) is 0 Å². The topological polar surface area (TPSA) is 58.1 Å². The molecular weight excluding hydrogens is 308 g/mol. The number of carbonyl (C=O) groups excluding carboxylic acids is 1. The summed E-state index contributed by atoms with van der Waals surface area (Å²) in [6, 6.07) is 8.47. The number of aromatic nitrogens is 2. The lowest BCUT2D eigenvalue weighted by molar-refractivity contribution is 0.0954. The highest BCUT2D eigenvalue weighted by molar-refractivity contribution is 7.08. The number of nitrogens with one attached hydrogen (secondary N) is 1. The maximum Gasteiger partial charge on any atom is 0.265 e. The van der Waals surface area contributed by atoms with Crippen molar-refractivity contribution in [2.24, 2.45) is 0 Å². The van der Waals surface area contributed by atoms with Gasteiger partial charge in [0.2, 0.25) is 0 Å². The van der Waals surface area contributed by atoms with Crippen LogP contribution in [0.25, 0.3) is 0 Å². The Morgan fingerprint density at radius 3 is 2.87 bits per heavy atom. The number of amides is 1. The molecule has 1 aliphatic heterocycles. The standard InChI is InChI=1S/C17H22N4OS/c1-2-15-16(23-20-19-15)17(22)18-11-13-6-5-7-14(10-13)12-21-8-3-4-9-21/h5-7,10H,2-4,8-9,11-12H2,1H3,(H,18,22). The van der Waals surface area contributed by atoms with E-state index in [4.69, 9.17) is 0 Å². The molecule has 1 aromatic carbocycles. The van der Waals surface area contributed by atoms with E-state index in [1.165, 1.54) is 31.5 Å². The van der Waals surface area contributed by atoms with E-state index in [9.17, 15) is 4.79 Å². The highest BCUT2D eigenvalue weighted by Gasteiger charge is 2.15. The second-order valence-corrected chi connectivity index (χ2v) is 6.64. The molecule has 1 aliphatic rings. The van der Waals surface area contributed by atoms with E-state index in [1.54, 1.807) is 0 Å². The van der Waals surface area contributed by atoms with Gasteiger partial charge < -0.3 is 5.32 Å². The molecule has 0 unspecified atom stereocenters. The van der Waals surface area contributed by atoms with E-state index >= 15 is 0 Å². The summed E-state index contributed by atoms with van der Waals surface area (Å²) in [5.74, 6) is -0.0817. The molecule has 2 aromatic rings. The summed E-state index contributed by atoms with van der Waals surface area (Å²) >= 11 is 1.16. The van der Waals surface area contributed by atoms with Crippen LogP contribution >= 0.6 is 11.5 Å². The molecule has 1 aromatic heterocycles. The average Bonchev–Trinajstić information content (AvgIpc) is 3.24. The van der Waals surface area contributed by atoms with Crippen molar-refractivity contribution in [3.8, 4) is 0 Å². The van der Waals surface area contributed by atoms with Crippen molar-refractivity contribution in [1.29, 1.82) is 0 Å². The number of hydrogen-bond acceptors (Lipinski definition) is 5. The van der Waals surface area contributed by atoms with Gasteiger partial charge >= 0.3 is 0 Å². The van der Waals surface area contributed by atoms with Crippen LogP contribution in [0.2, 0.25) is 0 Å². The zero-order valence-corrected chi connectivity index (χ0v) is 14.2. The fourth-order valence-corrected chi connectivity index (χ4v) is 3.58. The lowest BCUT2D eigenvalue weighted by Gasteiger charge is -2.15. The lowest BCUT2D eigenvalue weighted by atomic mass is 10.1. The summed E-state index contributed by atoms with van der Waals surface area (Å²) in [6.45, 7) is 5.90. The predicted molar refractivity (Wildman–Crippen MR) is 91.4 cm³/mol. The second-order valence-electron chi connectivity index (χ2n) is 5.89. The molecule has 5 nitrogen and oxygen atoms in total. The molecule has 0 bridgehead atoms. The quantitative estimate of drug-likeness (QED) is 0.884. The first-order valence-corrected chi connectivity index (χ1v) is 8.93. The molecule has 1 amide bonds. The van der Waals surface area contributed by atoms with Crippen LogP contribution in [0.1, 0.15) is 46.3 Å². The number of nitrogens with zero attached hydrogens (tertiary/aromatic N) is 3. The van der Waals surface area contributed by atoms with Gasteiger partial charge in [0, 0.05) is 13.1 Å². The van der Waals surface area contributed by atoms with E-state index in [0.29, 0.717) is 11.4 Å². The molecule has 3 rings (SSSR count). The van der Waals surface area contributed by atoms with Crippen molar-refractivity contribution in [2.75, 3.05) is 13.1 Å². The van der Waals surface area contributed by atoms with Crippen LogP contribution in [-0.4, -0.2) is 33.5 Å². The summed E-state index contributed by atoms with van der Waals surface area (Å²) in [4.78, 5) is 15.3. The SMILES string of the molecule is CCc1nnsc1C(=O)NCc1cccc(CN2CCCC2)c1. The molecule has 2 heterocycles. The highest BCUT2D eigenvalue weighted by atomic mass is 32.1.